The van der Waals surface area contributed by atoms with Crippen molar-refractivity contribution in [3.05, 3.63) is 46.5 Å². The third-order valence-electron chi connectivity index (χ3n) is 5.87. The third-order valence-corrected chi connectivity index (χ3v) is 5.87. The number of hydrogen-bond donors (Lipinski definition) is 1. The van der Waals surface area contributed by atoms with E-state index in [1.165, 1.54) is 5.56 Å². The summed E-state index contributed by atoms with van der Waals surface area (Å²) in [6.45, 7) is 1.35. The second kappa shape index (κ2) is 5.51. The quantitative estimate of drug-likeness (QED) is 0.828. The first-order valence-electron chi connectivity index (χ1n) is 9.08. The summed E-state index contributed by atoms with van der Waals surface area (Å²) in [6.07, 6.45) is -0.358. The first kappa shape index (κ1) is 15.6. The van der Waals surface area contributed by atoms with Crippen molar-refractivity contribution in [1.82, 2.24) is 4.90 Å². The van der Waals surface area contributed by atoms with Crippen molar-refractivity contribution in [3.8, 4) is 23.0 Å². The largest absolute Gasteiger partial charge is 0.454 e. The summed E-state index contributed by atoms with van der Waals surface area (Å²) in [5.74, 6) is 2.91. The molecule has 3 atom stereocenters. The highest BCUT2D eigenvalue weighted by molar-refractivity contribution is 5.54. The number of fused-ring (bicyclic) bond motifs is 4. The van der Waals surface area contributed by atoms with Crippen molar-refractivity contribution >= 4 is 0 Å². The Morgan fingerprint density at radius 2 is 1.44 bits per heavy atom. The minimum absolute atomic E-state index is 0.0421. The molecule has 0 amide bonds. The smallest absolute Gasteiger partial charge is 0.231 e. The molecule has 1 N–H and O–H groups in total. The van der Waals surface area contributed by atoms with Gasteiger partial charge in [-0.05, 0) is 54.4 Å². The van der Waals surface area contributed by atoms with E-state index in [1.54, 1.807) is 0 Å². The van der Waals surface area contributed by atoms with Crippen LogP contribution in [0.1, 0.15) is 40.7 Å². The number of rotatable bonds is 1. The van der Waals surface area contributed by atoms with Gasteiger partial charge in [0.25, 0.3) is 0 Å². The van der Waals surface area contributed by atoms with E-state index < -0.39 is 6.29 Å². The van der Waals surface area contributed by atoms with Gasteiger partial charge in [0.2, 0.25) is 13.6 Å². The summed E-state index contributed by atoms with van der Waals surface area (Å²) >= 11 is 0. The van der Waals surface area contributed by atoms with Gasteiger partial charge in [0.15, 0.2) is 29.3 Å². The Morgan fingerprint density at radius 1 is 0.852 bits per heavy atom. The van der Waals surface area contributed by atoms with Gasteiger partial charge in [-0.25, -0.2) is 0 Å². The van der Waals surface area contributed by atoms with E-state index in [1.807, 2.05) is 12.1 Å². The van der Waals surface area contributed by atoms with Crippen LogP contribution in [0.5, 0.6) is 23.0 Å². The molecule has 0 radical (unpaired) electrons. The first-order chi connectivity index (χ1) is 13.2. The maximum atomic E-state index is 10.5. The molecule has 27 heavy (non-hydrogen) atoms. The van der Waals surface area contributed by atoms with E-state index in [2.05, 4.69) is 24.1 Å². The second-order valence-electron chi connectivity index (χ2n) is 7.32. The molecule has 4 aliphatic heterocycles. The number of ether oxygens (including phenoxy) is 5. The summed E-state index contributed by atoms with van der Waals surface area (Å²) in [7, 11) is 2.08. The van der Waals surface area contributed by atoms with E-state index in [4.69, 9.17) is 23.7 Å². The Bertz CT molecular complexity index is 945. The Morgan fingerprint density at radius 3 is 2.15 bits per heavy atom. The zero-order valence-electron chi connectivity index (χ0n) is 14.8. The minimum Gasteiger partial charge on any atom is -0.454 e. The standard InChI is InChI=1S/C20H19NO6/c1-21-3-2-10-4-14-15(24-8-23-14)5-11(10)18(21)19-12-6-16-17(26-9-25-16)7-13(12)20(22)27-19/h4-7,18-20,22H,2-3,8-9H2,1H3. The van der Waals surface area contributed by atoms with Crippen LogP contribution in [0, 0.1) is 0 Å². The molecule has 4 aliphatic rings. The molecule has 7 heteroatoms. The summed E-state index contributed by atoms with van der Waals surface area (Å²) in [5.41, 5.74) is 4.06. The van der Waals surface area contributed by atoms with Gasteiger partial charge in [-0.2, -0.15) is 0 Å². The van der Waals surface area contributed by atoms with Crippen LogP contribution in [-0.4, -0.2) is 37.2 Å². The summed E-state index contributed by atoms with van der Waals surface area (Å²) in [6, 6.07) is 7.85. The molecule has 0 spiro atoms. The number of nitrogens with zero attached hydrogens (tertiary/aromatic N) is 1. The summed E-state index contributed by atoms with van der Waals surface area (Å²) in [5, 5.41) is 10.5. The molecule has 2 aromatic rings. The molecule has 7 nitrogen and oxygen atoms in total. The first-order valence-corrected chi connectivity index (χ1v) is 9.08. The van der Waals surface area contributed by atoms with Crippen molar-refractivity contribution in [2.75, 3.05) is 27.2 Å². The maximum absolute atomic E-state index is 10.5. The van der Waals surface area contributed by atoms with Gasteiger partial charge in [-0.1, -0.05) is 0 Å². The van der Waals surface area contributed by atoms with E-state index in [0.717, 1.165) is 41.2 Å². The van der Waals surface area contributed by atoms with Crippen molar-refractivity contribution in [1.29, 1.82) is 0 Å². The van der Waals surface area contributed by atoms with Gasteiger partial charge >= 0.3 is 0 Å². The van der Waals surface area contributed by atoms with Crippen LogP contribution in [0.25, 0.3) is 0 Å². The van der Waals surface area contributed by atoms with Crippen molar-refractivity contribution in [2.45, 2.75) is 24.9 Å². The number of aliphatic hydroxyl groups is 1. The van der Waals surface area contributed by atoms with Crippen LogP contribution in [-0.2, 0) is 11.2 Å². The van der Waals surface area contributed by atoms with E-state index in [0.29, 0.717) is 11.5 Å². The molecule has 0 saturated heterocycles. The third kappa shape index (κ3) is 2.19. The number of hydrogen-bond acceptors (Lipinski definition) is 7. The van der Waals surface area contributed by atoms with E-state index in [9.17, 15) is 5.11 Å². The molecule has 3 unspecified atom stereocenters. The monoisotopic (exact) mass is 369 g/mol. The highest BCUT2D eigenvalue weighted by atomic mass is 16.7. The molecule has 140 valence electrons. The summed E-state index contributed by atoms with van der Waals surface area (Å²) in [4.78, 5) is 2.27. The zero-order valence-corrected chi connectivity index (χ0v) is 14.8. The van der Waals surface area contributed by atoms with Gasteiger partial charge in [0.05, 0.1) is 6.04 Å². The molecule has 0 aliphatic carbocycles. The highest BCUT2D eigenvalue weighted by Gasteiger charge is 2.42. The lowest BCUT2D eigenvalue weighted by Crippen LogP contribution is -2.35. The van der Waals surface area contributed by atoms with Gasteiger partial charge < -0.3 is 28.8 Å². The van der Waals surface area contributed by atoms with E-state index in [-0.39, 0.29) is 25.7 Å². The molecule has 0 saturated carbocycles. The topological polar surface area (TPSA) is 69.6 Å². The number of benzene rings is 2. The van der Waals surface area contributed by atoms with Crippen molar-refractivity contribution < 1.29 is 28.8 Å². The van der Waals surface area contributed by atoms with Crippen molar-refractivity contribution in [3.63, 3.8) is 0 Å². The van der Waals surface area contributed by atoms with Crippen LogP contribution >= 0.6 is 0 Å². The van der Waals surface area contributed by atoms with Gasteiger partial charge in [-0.15, -0.1) is 0 Å². The van der Waals surface area contributed by atoms with Gasteiger partial charge in [0, 0.05) is 12.1 Å². The Balaban J connectivity index is 1.47. The molecular weight excluding hydrogens is 350 g/mol. The van der Waals surface area contributed by atoms with Crippen LogP contribution in [0.15, 0.2) is 24.3 Å². The Kier molecular flexibility index (Phi) is 3.18. The fourth-order valence-electron chi connectivity index (χ4n) is 4.52. The lowest BCUT2D eigenvalue weighted by Gasteiger charge is -2.38. The Labute approximate surface area is 156 Å². The predicted octanol–water partition coefficient (Wildman–Crippen LogP) is 2.44. The van der Waals surface area contributed by atoms with Crippen LogP contribution in [0.4, 0.5) is 0 Å². The highest BCUT2D eigenvalue weighted by Crippen LogP contribution is 2.52. The molecule has 4 heterocycles. The SMILES string of the molecule is CN1CCc2cc3c(cc2C1C1OC(O)c2cc4c(cc21)OCO4)OCO3. The molecule has 6 rings (SSSR count). The average Bonchev–Trinajstić information content (AvgIpc) is 3.37. The van der Waals surface area contributed by atoms with Crippen LogP contribution in [0.3, 0.4) is 0 Å². The number of likely N-dealkylation sites (N-methyl/N-ethyl adjacent to an activating group) is 1. The fourth-order valence-corrected chi connectivity index (χ4v) is 4.52. The maximum Gasteiger partial charge on any atom is 0.231 e. The minimum atomic E-state index is -0.979. The van der Waals surface area contributed by atoms with Crippen LogP contribution < -0.4 is 18.9 Å². The zero-order chi connectivity index (χ0) is 18.1. The van der Waals surface area contributed by atoms with E-state index >= 15 is 0 Å². The molecule has 0 bridgehead atoms. The van der Waals surface area contributed by atoms with Gasteiger partial charge in [-0.3, -0.25) is 4.90 Å². The molecule has 0 aromatic heterocycles. The summed E-state index contributed by atoms with van der Waals surface area (Å²) < 4.78 is 28.2. The number of aliphatic hydroxyl groups excluding tert-OH is 1. The Hall–Kier alpha value is -2.48. The van der Waals surface area contributed by atoms with Gasteiger partial charge in [0.1, 0.15) is 6.10 Å². The second-order valence-corrected chi connectivity index (χ2v) is 7.32. The molecule has 0 fully saturated rings. The van der Waals surface area contributed by atoms with Crippen LogP contribution in [0.2, 0.25) is 0 Å². The lowest BCUT2D eigenvalue weighted by atomic mass is 9.86. The molecule has 2 aromatic carbocycles. The normalized spacial score (nSPS) is 27.6. The lowest BCUT2D eigenvalue weighted by molar-refractivity contribution is -0.141. The predicted molar refractivity (Wildman–Crippen MR) is 93.0 cm³/mol. The van der Waals surface area contributed by atoms with Crippen molar-refractivity contribution in [2.24, 2.45) is 0 Å². The molecular formula is C20H19NO6. The fraction of sp³-hybridized carbons (Fsp3) is 0.400. The average molecular weight is 369 g/mol.